The quantitative estimate of drug-likeness (QED) is 0.693. The van der Waals surface area contributed by atoms with Crippen molar-refractivity contribution in [2.24, 2.45) is 17.8 Å². The van der Waals surface area contributed by atoms with Gasteiger partial charge >= 0.3 is 6.03 Å². The normalized spacial score (nSPS) is 23.5. The first-order valence-corrected chi connectivity index (χ1v) is 10.00. The van der Waals surface area contributed by atoms with Gasteiger partial charge in [0.15, 0.2) is 0 Å². The molecule has 144 valence electrons. The lowest BCUT2D eigenvalue weighted by molar-refractivity contribution is 0.0930. The van der Waals surface area contributed by atoms with Gasteiger partial charge in [-0.2, -0.15) is 0 Å². The van der Waals surface area contributed by atoms with E-state index in [0.717, 1.165) is 47.7 Å². The van der Waals surface area contributed by atoms with Crippen LogP contribution in [0.5, 0.6) is 0 Å². The molecule has 27 heavy (non-hydrogen) atoms. The number of nitrogens with one attached hydrogen (secondary N) is 2. The van der Waals surface area contributed by atoms with Gasteiger partial charge < -0.3 is 19.8 Å². The number of hydrogen-bond donors (Lipinski definition) is 2. The summed E-state index contributed by atoms with van der Waals surface area (Å²) in [6.07, 6.45) is 8.36. The molecule has 3 atom stereocenters. The van der Waals surface area contributed by atoms with E-state index in [1.54, 1.807) is 6.26 Å². The number of benzene rings is 1. The van der Waals surface area contributed by atoms with Gasteiger partial charge in [0.1, 0.15) is 12.4 Å². The van der Waals surface area contributed by atoms with E-state index in [4.69, 9.17) is 9.15 Å². The van der Waals surface area contributed by atoms with E-state index in [-0.39, 0.29) is 6.03 Å². The summed E-state index contributed by atoms with van der Waals surface area (Å²) >= 11 is 0. The molecular formula is C22H28N2O3. The molecular weight excluding hydrogens is 340 g/mol. The molecule has 1 heterocycles. The van der Waals surface area contributed by atoms with E-state index in [1.807, 2.05) is 36.4 Å². The van der Waals surface area contributed by atoms with Gasteiger partial charge in [0, 0.05) is 12.2 Å². The molecule has 2 N–H and O–H groups in total. The van der Waals surface area contributed by atoms with Crippen molar-refractivity contribution in [2.75, 3.05) is 11.9 Å². The summed E-state index contributed by atoms with van der Waals surface area (Å²) in [6, 6.07) is 11.4. The van der Waals surface area contributed by atoms with E-state index in [2.05, 4.69) is 10.6 Å². The highest BCUT2D eigenvalue weighted by Gasteiger charge is 2.38. The first-order valence-electron chi connectivity index (χ1n) is 10.00. The van der Waals surface area contributed by atoms with Gasteiger partial charge in [0.25, 0.3) is 0 Å². The molecule has 2 saturated carbocycles. The number of fused-ring (bicyclic) bond motifs is 2. The highest BCUT2D eigenvalue weighted by molar-refractivity contribution is 5.89. The van der Waals surface area contributed by atoms with E-state index >= 15 is 0 Å². The molecule has 5 nitrogen and oxygen atoms in total. The number of rotatable bonds is 8. The zero-order chi connectivity index (χ0) is 18.5. The molecule has 2 aliphatic carbocycles. The third-order valence-electron chi connectivity index (χ3n) is 5.96. The molecule has 0 spiro atoms. The molecule has 4 rings (SSSR count). The van der Waals surface area contributed by atoms with Crippen LogP contribution in [0.25, 0.3) is 0 Å². The van der Waals surface area contributed by atoms with Crippen molar-refractivity contribution >= 4 is 11.7 Å². The summed E-state index contributed by atoms with van der Waals surface area (Å²) in [7, 11) is 0. The lowest BCUT2D eigenvalue weighted by Crippen LogP contribution is -2.31. The molecule has 2 bridgehead atoms. The van der Waals surface area contributed by atoms with E-state index in [0.29, 0.717) is 13.2 Å². The number of urea groups is 1. The van der Waals surface area contributed by atoms with Gasteiger partial charge in [0.05, 0.1) is 12.9 Å². The molecule has 2 aliphatic rings. The Hall–Kier alpha value is -2.27. The van der Waals surface area contributed by atoms with Crippen LogP contribution in [0.15, 0.2) is 47.1 Å². The fourth-order valence-electron chi connectivity index (χ4n) is 4.68. The summed E-state index contributed by atoms with van der Waals surface area (Å²) in [5, 5.41) is 5.93. The largest absolute Gasteiger partial charge is 0.467 e. The van der Waals surface area contributed by atoms with Crippen molar-refractivity contribution in [1.29, 1.82) is 0 Å². The van der Waals surface area contributed by atoms with Crippen molar-refractivity contribution in [1.82, 2.24) is 5.32 Å². The molecule has 0 saturated heterocycles. The zero-order valence-corrected chi connectivity index (χ0v) is 15.7. The highest BCUT2D eigenvalue weighted by Crippen LogP contribution is 2.49. The lowest BCUT2D eigenvalue weighted by Gasteiger charge is -2.21. The van der Waals surface area contributed by atoms with Crippen molar-refractivity contribution in [2.45, 2.75) is 45.3 Å². The van der Waals surface area contributed by atoms with Crippen LogP contribution in [-0.2, 0) is 18.0 Å². The maximum atomic E-state index is 12.2. The minimum absolute atomic E-state index is 0.133. The number of hydrogen-bond acceptors (Lipinski definition) is 3. The minimum Gasteiger partial charge on any atom is -0.467 e. The Labute approximate surface area is 160 Å². The van der Waals surface area contributed by atoms with E-state index in [9.17, 15) is 4.79 Å². The predicted molar refractivity (Wildman–Crippen MR) is 104 cm³/mol. The van der Waals surface area contributed by atoms with Crippen molar-refractivity contribution < 1.29 is 13.9 Å². The maximum Gasteiger partial charge on any atom is 0.319 e. The zero-order valence-electron chi connectivity index (χ0n) is 15.7. The Balaban J connectivity index is 1.17. The Bertz CT molecular complexity index is 744. The summed E-state index contributed by atoms with van der Waals surface area (Å²) in [5.41, 5.74) is 1.80. The van der Waals surface area contributed by atoms with Crippen LogP contribution in [0.3, 0.4) is 0 Å². The van der Waals surface area contributed by atoms with Gasteiger partial charge in [-0.1, -0.05) is 18.6 Å². The van der Waals surface area contributed by atoms with Crippen molar-refractivity contribution in [3.8, 4) is 0 Å². The highest BCUT2D eigenvalue weighted by atomic mass is 16.5. The number of amides is 2. The summed E-state index contributed by atoms with van der Waals surface area (Å²) in [5.74, 6) is 3.50. The molecule has 5 heteroatoms. The van der Waals surface area contributed by atoms with Crippen LogP contribution < -0.4 is 10.6 Å². The number of carbonyl (C=O) groups excluding carboxylic acids is 1. The molecule has 0 aliphatic heterocycles. The maximum absolute atomic E-state index is 12.2. The molecule has 1 aromatic heterocycles. The smallest absolute Gasteiger partial charge is 0.319 e. The molecule has 0 unspecified atom stereocenters. The molecule has 0 radical (unpaired) electrons. The Morgan fingerprint density at radius 1 is 1.15 bits per heavy atom. The third-order valence-corrected chi connectivity index (χ3v) is 5.96. The first-order chi connectivity index (χ1) is 13.3. The Morgan fingerprint density at radius 3 is 2.89 bits per heavy atom. The second-order valence-corrected chi connectivity index (χ2v) is 7.88. The monoisotopic (exact) mass is 368 g/mol. The fourth-order valence-corrected chi connectivity index (χ4v) is 4.68. The van der Waals surface area contributed by atoms with E-state index < -0.39 is 0 Å². The average Bonchev–Trinajstić information content (AvgIpc) is 3.40. The topological polar surface area (TPSA) is 63.5 Å². The molecule has 2 amide bonds. The molecule has 1 aromatic carbocycles. The average molecular weight is 368 g/mol. The number of ether oxygens (including phenoxy) is 1. The van der Waals surface area contributed by atoms with Crippen LogP contribution >= 0.6 is 0 Å². The number of furan rings is 1. The molecule has 2 aromatic rings. The lowest BCUT2D eigenvalue weighted by atomic mass is 9.86. The second-order valence-electron chi connectivity index (χ2n) is 7.88. The first kappa shape index (κ1) is 18.1. The van der Waals surface area contributed by atoms with E-state index in [1.165, 1.54) is 25.7 Å². The van der Waals surface area contributed by atoms with Crippen molar-refractivity contribution in [3.63, 3.8) is 0 Å². The van der Waals surface area contributed by atoms with Crippen LogP contribution in [-0.4, -0.2) is 12.6 Å². The van der Waals surface area contributed by atoms with Crippen LogP contribution in [0, 0.1) is 17.8 Å². The number of carbonyl (C=O) groups is 1. The third kappa shape index (κ3) is 4.92. The summed E-state index contributed by atoms with van der Waals surface area (Å²) < 4.78 is 10.9. The fraction of sp³-hybridized carbons (Fsp3) is 0.500. The van der Waals surface area contributed by atoms with Gasteiger partial charge in [-0.25, -0.2) is 4.79 Å². The predicted octanol–water partition coefficient (Wildman–Crippen LogP) is 4.94. The summed E-state index contributed by atoms with van der Waals surface area (Å²) in [6.45, 7) is 1.67. The second kappa shape index (κ2) is 8.61. The van der Waals surface area contributed by atoms with Crippen molar-refractivity contribution in [3.05, 3.63) is 54.0 Å². The van der Waals surface area contributed by atoms with Crippen LogP contribution in [0.1, 0.15) is 43.4 Å². The minimum atomic E-state index is -0.133. The Kier molecular flexibility index (Phi) is 5.78. The van der Waals surface area contributed by atoms with Gasteiger partial charge in [-0.05, 0) is 73.3 Å². The van der Waals surface area contributed by atoms with Gasteiger partial charge in [-0.15, -0.1) is 0 Å². The summed E-state index contributed by atoms with van der Waals surface area (Å²) in [4.78, 5) is 12.2. The van der Waals surface area contributed by atoms with Crippen LogP contribution in [0.4, 0.5) is 10.5 Å². The number of anilines is 1. The van der Waals surface area contributed by atoms with Crippen LogP contribution in [0.2, 0.25) is 0 Å². The molecule has 2 fully saturated rings. The Morgan fingerprint density at radius 2 is 2.11 bits per heavy atom. The standard InChI is InChI=1S/C22H28N2O3/c25-22(23-9-8-19-12-16-6-7-18(19)11-16)24-20-4-1-3-17(13-20)14-26-15-21-5-2-10-27-21/h1-5,10,13,16,18-19H,6-9,11-12,14-15H2,(H2,23,24,25)/t16-,18-,19+/m0/s1. The van der Waals surface area contributed by atoms with Gasteiger partial charge in [0.2, 0.25) is 0 Å². The SMILES string of the molecule is O=C(NCC[C@@H]1C[C@H]2CC[C@H]1C2)Nc1cccc(COCc2ccco2)c1. The van der Waals surface area contributed by atoms with Gasteiger partial charge in [-0.3, -0.25) is 0 Å².